The number of carboxylic acid groups (broad SMARTS) is 1. The van der Waals surface area contributed by atoms with E-state index in [0.717, 1.165) is 5.56 Å². The van der Waals surface area contributed by atoms with Crippen LogP contribution in [0.4, 0.5) is 4.79 Å². The maximum atomic E-state index is 11.4. The maximum absolute atomic E-state index is 11.4. The predicted octanol–water partition coefficient (Wildman–Crippen LogP) is 1.37. The number of carboxylic acids is 1. The van der Waals surface area contributed by atoms with Gasteiger partial charge < -0.3 is 10.4 Å². The van der Waals surface area contributed by atoms with Crippen LogP contribution in [0.25, 0.3) is 0 Å². The van der Waals surface area contributed by atoms with Gasteiger partial charge in [-0.3, -0.25) is 14.9 Å². The minimum absolute atomic E-state index is 0.109. The molecule has 0 aliphatic heterocycles. The van der Waals surface area contributed by atoms with Crippen molar-refractivity contribution in [2.45, 2.75) is 32.2 Å². The molecule has 1 atom stereocenters. The Morgan fingerprint density at radius 1 is 1.37 bits per heavy atom. The Morgan fingerprint density at radius 2 is 2.11 bits per heavy atom. The van der Waals surface area contributed by atoms with E-state index in [2.05, 4.69) is 10.6 Å². The lowest BCUT2D eigenvalue weighted by Crippen LogP contribution is -2.44. The minimum Gasteiger partial charge on any atom is -0.481 e. The lowest BCUT2D eigenvalue weighted by atomic mass is 10.1. The Hall–Kier alpha value is -1.89. The molecule has 3 N–H and O–H groups in total. The third kappa shape index (κ3) is 6.56. The molecule has 1 aromatic rings. The van der Waals surface area contributed by atoms with Crippen molar-refractivity contribution in [3.05, 3.63) is 22.4 Å². The van der Waals surface area contributed by atoms with Crippen LogP contribution in [0.2, 0.25) is 0 Å². The van der Waals surface area contributed by atoms with Gasteiger partial charge in [-0.15, -0.1) is 0 Å². The molecule has 0 spiro atoms. The summed E-state index contributed by atoms with van der Waals surface area (Å²) >= 11 is 1.58. The number of hydrogen-bond donors (Lipinski definition) is 3. The summed E-state index contributed by atoms with van der Waals surface area (Å²) < 4.78 is 0. The van der Waals surface area contributed by atoms with Crippen molar-refractivity contribution in [2.75, 3.05) is 0 Å². The molecule has 1 aromatic heterocycles. The molecule has 1 unspecified atom stereocenters. The molecule has 104 valence electrons. The monoisotopic (exact) mass is 284 g/mol. The van der Waals surface area contributed by atoms with Gasteiger partial charge in [0.1, 0.15) is 0 Å². The smallest absolute Gasteiger partial charge is 0.321 e. The van der Waals surface area contributed by atoms with Gasteiger partial charge >= 0.3 is 12.0 Å². The summed E-state index contributed by atoms with van der Waals surface area (Å²) in [4.78, 5) is 32.9. The van der Waals surface area contributed by atoms with E-state index in [4.69, 9.17) is 5.11 Å². The summed E-state index contributed by atoms with van der Waals surface area (Å²) in [6.07, 6.45) is 0.186. The molecule has 0 bridgehead atoms. The first-order valence-corrected chi connectivity index (χ1v) is 6.75. The lowest BCUT2D eigenvalue weighted by molar-refractivity contribution is -0.138. The van der Waals surface area contributed by atoms with Crippen LogP contribution in [0.15, 0.2) is 16.8 Å². The number of rotatable bonds is 6. The zero-order valence-corrected chi connectivity index (χ0v) is 11.3. The highest BCUT2D eigenvalue weighted by molar-refractivity contribution is 7.07. The summed E-state index contributed by atoms with van der Waals surface area (Å²) in [5.41, 5.74) is 1.12. The number of urea groups is 1. The van der Waals surface area contributed by atoms with E-state index in [-0.39, 0.29) is 18.9 Å². The number of carbonyl (C=O) groups excluding carboxylic acids is 2. The van der Waals surface area contributed by atoms with Crippen LogP contribution in [-0.4, -0.2) is 29.1 Å². The highest BCUT2D eigenvalue weighted by atomic mass is 32.1. The van der Waals surface area contributed by atoms with Gasteiger partial charge in [-0.1, -0.05) is 0 Å². The van der Waals surface area contributed by atoms with Gasteiger partial charge in [-0.05, 0) is 35.7 Å². The van der Waals surface area contributed by atoms with E-state index < -0.39 is 17.9 Å². The second-order valence-corrected chi connectivity index (χ2v) is 4.93. The van der Waals surface area contributed by atoms with Crippen molar-refractivity contribution in [2.24, 2.45) is 0 Å². The first kappa shape index (κ1) is 15.2. The van der Waals surface area contributed by atoms with Crippen LogP contribution >= 0.6 is 11.3 Å². The Balaban J connectivity index is 2.26. The van der Waals surface area contributed by atoms with E-state index >= 15 is 0 Å². The molecule has 0 saturated carbocycles. The van der Waals surface area contributed by atoms with Crippen molar-refractivity contribution in [3.8, 4) is 0 Å². The molecule has 0 aliphatic rings. The number of amides is 3. The van der Waals surface area contributed by atoms with Crippen molar-refractivity contribution >= 4 is 29.2 Å². The summed E-state index contributed by atoms with van der Waals surface area (Å²) in [6, 6.07) is 1.26. The van der Waals surface area contributed by atoms with Gasteiger partial charge in [0.05, 0.1) is 6.42 Å². The summed E-state index contributed by atoms with van der Waals surface area (Å²) in [5.74, 6) is -1.66. The molecular formula is C12H16N2O4S. The van der Waals surface area contributed by atoms with E-state index in [1.807, 2.05) is 23.8 Å². The predicted molar refractivity (Wildman–Crippen MR) is 71.0 cm³/mol. The molecule has 3 amide bonds. The van der Waals surface area contributed by atoms with Crippen molar-refractivity contribution in [3.63, 3.8) is 0 Å². The normalized spacial score (nSPS) is 11.6. The number of carbonyl (C=O) groups is 3. The Labute approximate surface area is 114 Å². The largest absolute Gasteiger partial charge is 0.481 e. The molecule has 0 radical (unpaired) electrons. The fourth-order valence-electron chi connectivity index (χ4n) is 1.48. The highest BCUT2D eigenvalue weighted by Crippen LogP contribution is 2.08. The highest BCUT2D eigenvalue weighted by Gasteiger charge is 2.12. The molecule has 7 heteroatoms. The Morgan fingerprint density at radius 3 is 2.68 bits per heavy atom. The second-order valence-electron chi connectivity index (χ2n) is 4.15. The van der Waals surface area contributed by atoms with E-state index in [1.165, 1.54) is 0 Å². The van der Waals surface area contributed by atoms with Gasteiger partial charge in [0.2, 0.25) is 5.91 Å². The van der Waals surface area contributed by atoms with Crippen molar-refractivity contribution in [1.82, 2.24) is 10.6 Å². The van der Waals surface area contributed by atoms with Gasteiger partial charge in [0.15, 0.2) is 0 Å². The average Bonchev–Trinajstić information content (AvgIpc) is 2.78. The van der Waals surface area contributed by atoms with E-state index in [9.17, 15) is 14.4 Å². The standard InChI is InChI=1S/C12H16N2O4S/c1-8(6-9-4-5-19-7-9)13-12(18)14-10(15)2-3-11(16)17/h4-5,7-8H,2-3,6H2,1H3,(H,16,17)(H2,13,14,15,18). The van der Waals surface area contributed by atoms with Crippen LogP contribution in [-0.2, 0) is 16.0 Å². The van der Waals surface area contributed by atoms with E-state index in [1.54, 1.807) is 11.3 Å². The summed E-state index contributed by atoms with van der Waals surface area (Å²) in [7, 11) is 0. The SMILES string of the molecule is CC(Cc1ccsc1)NC(=O)NC(=O)CCC(=O)O. The van der Waals surface area contributed by atoms with Crippen LogP contribution in [0, 0.1) is 0 Å². The van der Waals surface area contributed by atoms with Gasteiger partial charge in [0, 0.05) is 12.5 Å². The molecule has 1 rings (SSSR count). The Bertz CT molecular complexity index is 445. The number of nitrogens with one attached hydrogen (secondary N) is 2. The number of thiophene rings is 1. The number of aliphatic carboxylic acids is 1. The summed E-state index contributed by atoms with van der Waals surface area (Å²) in [5, 5.41) is 17.1. The van der Waals surface area contributed by atoms with Crippen molar-refractivity contribution in [1.29, 1.82) is 0 Å². The molecule has 0 fully saturated rings. The molecular weight excluding hydrogens is 268 g/mol. The zero-order valence-electron chi connectivity index (χ0n) is 10.5. The maximum Gasteiger partial charge on any atom is 0.321 e. The second kappa shape index (κ2) is 7.52. The molecule has 19 heavy (non-hydrogen) atoms. The zero-order chi connectivity index (χ0) is 14.3. The fourth-order valence-corrected chi connectivity index (χ4v) is 2.16. The third-order valence-electron chi connectivity index (χ3n) is 2.32. The molecule has 0 saturated heterocycles. The molecule has 0 aromatic carbocycles. The van der Waals surface area contributed by atoms with Gasteiger partial charge in [-0.2, -0.15) is 11.3 Å². The molecule has 0 aliphatic carbocycles. The quantitative estimate of drug-likeness (QED) is 0.735. The first-order chi connectivity index (χ1) is 8.97. The van der Waals surface area contributed by atoms with Gasteiger partial charge in [0.25, 0.3) is 0 Å². The van der Waals surface area contributed by atoms with Crippen molar-refractivity contribution < 1.29 is 19.5 Å². The lowest BCUT2D eigenvalue weighted by Gasteiger charge is -2.13. The van der Waals surface area contributed by atoms with E-state index in [0.29, 0.717) is 6.42 Å². The van der Waals surface area contributed by atoms with Gasteiger partial charge in [-0.25, -0.2) is 4.79 Å². The topological polar surface area (TPSA) is 95.5 Å². The van der Waals surface area contributed by atoms with Crippen LogP contribution in [0.5, 0.6) is 0 Å². The molecule has 6 nitrogen and oxygen atoms in total. The van der Waals surface area contributed by atoms with Crippen LogP contribution in [0.1, 0.15) is 25.3 Å². The minimum atomic E-state index is -1.07. The van der Waals surface area contributed by atoms with Crippen LogP contribution < -0.4 is 10.6 Å². The fraction of sp³-hybridized carbons (Fsp3) is 0.417. The number of hydrogen-bond acceptors (Lipinski definition) is 4. The van der Waals surface area contributed by atoms with Crippen LogP contribution in [0.3, 0.4) is 0 Å². The number of imide groups is 1. The molecule has 1 heterocycles. The average molecular weight is 284 g/mol. The Kier molecular flexibility index (Phi) is 6.01. The third-order valence-corrected chi connectivity index (χ3v) is 3.05. The first-order valence-electron chi connectivity index (χ1n) is 5.80. The summed E-state index contributed by atoms with van der Waals surface area (Å²) in [6.45, 7) is 1.83.